The van der Waals surface area contributed by atoms with Gasteiger partial charge < -0.3 is 5.32 Å². The van der Waals surface area contributed by atoms with Crippen molar-refractivity contribution in [3.63, 3.8) is 0 Å². The maximum atomic E-state index is 13.5. The molecule has 1 atom stereocenters. The number of hydrogen-bond donors (Lipinski definition) is 1. The molecule has 112 valence electrons. The highest BCUT2D eigenvalue weighted by atomic mass is 35.7. The SMILES string of the molecule is CCC(c1cc(F)ccc1S(=O)(=O)Cl)C1CCNCC1. The van der Waals surface area contributed by atoms with Crippen LogP contribution < -0.4 is 5.32 Å². The monoisotopic (exact) mass is 319 g/mol. The van der Waals surface area contributed by atoms with Gasteiger partial charge in [0, 0.05) is 10.7 Å². The maximum absolute atomic E-state index is 13.5. The van der Waals surface area contributed by atoms with Crippen molar-refractivity contribution >= 4 is 19.7 Å². The van der Waals surface area contributed by atoms with Gasteiger partial charge in [-0.3, -0.25) is 0 Å². The molecule has 0 bridgehead atoms. The van der Waals surface area contributed by atoms with Crippen molar-refractivity contribution in [2.24, 2.45) is 5.92 Å². The lowest BCUT2D eigenvalue weighted by Gasteiger charge is -2.31. The van der Waals surface area contributed by atoms with Gasteiger partial charge in [-0.25, -0.2) is 12.8 Å². The second-order valence-electron chi connectivity index (χ2n) is 5.22. The van der Waals surface area contributed by atoms with Gasteiger partial charge >= 0.3 is 0 Å². The van der Waals surface area contributed by atoms with Gasteiger partial charge in [0.25, 0.3) is 9.05 Å². The molecule has 0 aromatic heterocycles. The van der Waals surface area contributed by atoms with E-state index >= 15 is 0 Å². The van der Waals surface area contributed by atoms with Crippen LogP contribution >= 0.6 is 10.7 Å². The van der Waals surface area contributed by atoms with Crippen LogP contribution in [0.25, 0.3) is 0 Å². The van der Waals surface area contributed by atoms with Gasteiger partial charge in [0.2, 0.25) is 0 Å². The van der Waals surface area contributed by atoms with E-state index in [1.807, 2.05) is 6.92 Å². The zero-order chi connectivity index (χ0) is 14.8. The average molecular weight is 320 g/mol. The number of halogens is 2. The van der Waals surface area contributed by atoms with Crippen LogP contribution in [-0.2, 0) is 9.05 Å². The van der Waals surface area contributed by atoms with Crippen molar-refractivity contribution in [3.05, 3.63) is 29.6 Å². The van der Waals surface area contributed by atoms with E-state index in [0.29, 0.717) is 11.5 Å². The van der Waals surface area contributed by atoms with E-state index in [1.54, 1.807) is 0 Å². The van der Waals surface area contributed by atoms with Crippen LogP contribution in [0.5, 0.6) is 0 Å². The predicted octanol–water partition coefficient (Wildman–Crippen LogP) is 3.25. The number of piperidine rings is 1. The molecule has 0 radical (unpaired) electrons. The van der Waals surface area contributed by atoms with Gasteiger partial charge in [-0.05, 0) is 68.0 Å². The molecule has 1 saturated heterocycles. The van der Waals surface area contributed by atoms with Gasteiger partial charge in [-0.1, -0.05) is 6.92 Å². The minimum Gasteiger partial charge on any atom is -0.317 e. The summed E-state index contributed by atoms with van der Waals surface area (Å²) >= 11 is 0. The Morgan fingerprint density at radius 3 is 2.60 bits per heavy atom. The zero-order valence-corrected chi connectivity index (χ0v) is 13.0. The van der Waals surface area contributed by atoms with E-state index in [-0.39, 0.29) is 10.8 Å². The van der Waals surface area contributed by atoms with E-state index in [2.05, 4.69) is 5.32 Å². The zero-order valence-electron chi connectivity index (χ0n) is 11.4. The van der Waals surface area contributed by atoms with Crippen LogP contribution in [-0.4, -0.2) is 21.5 Å². The van der Waals surface area contributed by atoms with Gasteiger partial charge in [-0.15, -0.1) is 0 Å². The van der Waals surface area contributed by atoms with Crippen LogP contribution in [0.2, 0.25) is 0 Å². The Morgan fingerprint density at radius 1 is 1.40 bits per heavy atom. The fourth-order valence-electron chi connectivity index (χ4n) is 3.08. The first-order valence-electron chi connectivity index (χ1n) is 6.88. The summed E-state index contributed by atoms with van der Waals surface area (Å²) in [5, 5.41) is 3.28. The van der Waals surface area contributed by atoms with Gasteiger partial charge in [-0.2, -0.15) is 0 Å². The smallest absolute Gasteiger partial charge is 0.261 e. The molecule has 3 nitrogen and oxygen atoms in total. The summed E-state index contributed by atoms with van der Waals surface area (Å²) in [6.45, 7) is 3.83. The molecule has 1 aliphatic rings. The van der Waals surface area contributed by atoms with Crippen LogP contribution in [0.4, 0.5) is 4.39 Å². The Balaban J connectivity index is 2.44. The van der Waals surface area contributed by atoms with E-state index in [4.69, 9.17) is 10.7 Å². The van der Waals surface area contributed by atoms with Crippen LogP contribution in [0.1, 0.15) is 37.7 Å². The molecule has 0 spiro atoms. The molecular weight excluding hydrogens is 301 g/mol. The fraction of sp³-hybridized carbons (Fsp3) is 0.571. The normalized spacial score (nSPS) is 18.9. The molecule has 1 unspecified atom stereocenters. The third kappa shape index (κ3) is 3.51. The summed E-state index contributed by atoms with van der Waals surface area (Å²) in [6, 6.07) is 3.75. The quantitative estimate of drug-likeness (QED) is 0.867. The van der Waals surface area contributed by atoms with Gasteiger partial charge in [0.05, 0.1) is 4.90 Å². The van der Waals surface area contributed by atoms with E-state index in [0.717, 1.165) is 38.4 Å². The third-order valence-corrected chi connectivity index (χ3v) is 5.42. The number of benzene rings is 1. The summed E-state index contributed by atoms with van der Waals surface area (Å²) in [6.07, 6.45) is 2.71. The largest absolute Gasteiger partial charge is 0.317 e. The number of rotatable bonds is 4. The van der Waals surface area contributed by atoms with Crippen molar-refractivity contribution in [2.75, 3.05) is 13.1 Å². The Morgan fingerprint density at radius 2 is 2.05 bits per heavy atom. The molecule has 20 heavy (non-hydrogen) atoms. The van der Waals surface area contributed by atoms with Crippen molar-refractivity contribution in [3.8, 4) is 0 Å². The predicted molar refractivity (Wildman–Crippen MR) is 78.1 cm³/mol. The molecule has 1 aromatic rings. The highest BCUT2D eigenvalue weighted by Gasteiger charge is 2.28. The molecule has 1 aliphatic heterocycles. The van der Waals surface area contributed by atoms with E-state index in [9.17, 15) is 12.8 Å². The molecule has 0 amide bonds. The van der Waals surface area contributed by atoms with Crippen LogP contribution in [0, 0.1) is 11.7 Å². The molecule has 1 fully saturated rings. The van der Waals surface area contributed by atoms with E-state index in [1.165, 1.54) is 12.1 Å². The standard InChI is InChI=1S/C14H19ClFNO2S/c1-2-12(10-5-7-17-8-6-10)13-9-11(16)3-4-14(13)20(15,18)19/h3-4,9-10,12,17H,2,5-8H2,1H3. The fourth-order valence-corrected chi connectivity index (χ4v) is 4.23. The average Bonchev–Trinajstić information content (AvgIpc) is 2.39. The van der Waals surface area contributed by atoms with Crippen molar-refractivity contribution in [1.29, 1.82) is 0 Å². The molecule has 0 aliphatic carbocycles. The summed E-state index contributed by atoms with van der Waals surface area (Å²) in [7, 11) is 1.64. The highest BCUT2D eigenvalue weighted by molar-refractivity contribution is 8.13. The Kier molecular flexibility index (Phi) is 5.04. The molecule has 0 saturated carbocycles. The third-order valence-electron chi connectivity index (χ3n) is 4.03. The lowest BCUT2D eigenvalue weighted by Crippen LogP contribution is -2.31. The Labute approximate surface area is 123 Å². The summed E-state index contributed by atoms with van der Waals surface area (Å²) < 4.78 is 36.9. The molecular formula is C14H19ClFNO2S. The Bertz CT molecular complexity index is 571. The second kappa shape index (κ2) is 6.41. The minimum absolute atomic E-state index is 0.0244. The van der Waals surface area contributed by atoms with Crippen molar-refractivity contribution < 1.29 is 12.8 Å². The lowest BCUT2D eigenvalue weighted by atomic mass is 9.79. The number of hydrogen-bond acceptors (Lipinski definition) is 3. The molecule has 1 heterocycles. The van der Waals surface area contributed by atoms with Crippen molar-refractivity contribution in [2.45, 2.75) is 37.0 Å². The minimum atomic E-state index is -3.85. The summed E-state index contributed by atoms with van der Waals surface area (Å²) in [4.78, 5) is 0.0472. The number of nitrogens with one attached hydrogen (secondary N) is 1. The maximum Gasteiger partial charge on any atom is 0.261 e. The Hall–Kier alpha value is -0.650. The summed E-state index contributed by atoms with van der Waals surface area (Å²) in [5.41, 5.74) is 0.523. The van der Waals surface area contributed by atoms with Crippen molar-refractivity contribution in [1.82, 2.24) is 5.32 Å². The highest BCUT2D eigenvalue weighted by Crippen LogP contribution is 2.38. The topological polar surface area (TPSA) is 46.2 Å². The van der Waals surface area contributed by atoms with Gasteiger partial charge in [0.1, 0.15) is 5.82 Å². The van der Waals surface area contributed by atoms with Crippen LogP contribution in [0.15, 0.2) is 23.1 Å². The molecule has 1 aromatic carbocycles. The first-order chi connectivity index (χ1) is 9.43. The molecule has 2 rings (SSSR count). The molecule has 6 heteroatoms. The van der Waals surface area contributed by atoms with E-state index < -0.39 is 14.9 Å². The molecule has 1 N–H and O–H groups in total. The first kappa shape index (κ1) is 15.7. The second-order valence-corrected chi connectivity index (χ2v) is 7.76. The van der Waals surface area contributed by atoms with Gasteiger partial charge in [0.15, 0.2) is 0 Å². The summed E-state index contributed by atoms with van der Waals surface area (Å²) in [5.74, 6) is -0.0343. The van der Waals surface area contributed by atoms with Crippen LogP contribution in [0.3, 0.4) is 0 Å². The lowest BCUT2D eigenvalue weighted by molar-refractivity contribution is 0.309. The first-order valence-corrected chi connectivity index (χ1v) is 9.19.